The number of hydroxylamine groups is 2. The van der Waals surface area contributed by atoms with Crippen LogP contribution >= 0.6 is 23.2 Å². The summed E-state index contributed by atoms with van der Waals surface area (Å²) in [4.78, 5) is 25.2. The lowest BCUT2D eigenvalue weighted by Gasteiger charge is -2.36. The van der Waals surface area contributed by atoms with Crippen molar-refractivity contribution in [2.45, 2.75) is 45.1 Å². The minimum atomic E-state index is -0.193. The molecule has 0 saturated carbocycles. The number of benzene rings is 3. The van der Waals surface area contributed by atoms with Gasteiger partial charge in [0, 0.05) is 46.8 Å². The molecule has 2 aliphatic heterocycles. The fraction of sp³-hybridized carbons (Fsp3) is 0.323. The summed E-state index contributed by atoms with van der Waals surface area (Å²) >= 11 is 12.4. The van der Waals surface area contributed by atoms with Crippen molar-refractivity contribution >= 4 is 40.0 Å². The van der Waals surface area contributed by atoms with E-state index in [9.17, 15) is 4.79 Å². The van der Waals surface area contributed by atoms with Crippen LogP contribution in [0.4, 0.5) is 0 Å². The topological polar surface area (TPSA) is 57.8 Å². The van der Waals surface area contributed by atoms with Crippen molar-refractivity contribution in [2.24, 2.45) is 5.92 Å². The second-order valence-electron chi connectivity index (χ2n) is 10.4. The molecule has 202 valence electrons. The van der Waals surface area contributed by atoms with Gasteiger partial charge in [-0.25, -0.2) is 0 Å². The van der Waals surface area contributed by atoms with E-state index in [1.807, 2.05) is 65.5 Å². The first-order chi connectivity index (χ1) is 19.0. The number of ether oxygens (including phenoxy) is 1. The third-order valence-corrected chi connectivity index (χ3v) is 8.22. The number of nitrogens with zero attached hydrogens (tertiary/aromatic N) is 2. The van der Waals surface area contributed by atoms with Crippen LogP contribution < -0.4 is 4.74 Å². The Kier molecular flexibility index (Phi) is 7.54. The predicted molar refractivity (Wildman–Crippen MR) is 154 cm³/mol. The van der Waals surface area contributed by atoms with Gasteiger partial charge >= 0.3 is 0 Å². The van der Waals surface area contributed by atoms with Gasteiger partial charge in [0.25, 0.3) is 0 Å². The molecule has 6 nitrogen and oxygen atoms in total. The van der Waals surface area contributed by atoms with Crippen molar-refractivity contribution in [3.63, 3.8) is 0 Å². The number of nitrogens with one attached hydrogen (secondary N) is 1. The summed E-state index contributed by atoms with van der Waals surface area (Å²) < 4.78 is 6.22. The second kappa shape index (κ2) is 11.2. The normalized spacial score (nSPS) is 21.5. The van der Waals surface area contributed by atoms with Crippen LogP contribution in [-0.2, 0) is 29.2 Å². The number of fused-ring (bicyclic) bond motifs is 2. The lowest BCUT2D eigenvalue weighted by molar-refractivity contribution is -0.166. The highest BCUT2D eigenvalue weighted by Crippen LogP contribution is 2.37. The molecule has 0 radical (unpaired) electrons. The summed E-state index contributed by atoms with van der Waals surface area (Å²) in [6.07, 6.45) is 3.45. The molecule has 8 heteroatoms. The molecule has 4 aromatic rings. The van der Waals surface area contributed by atoms with Crippen LogP contribution in [-0.4, -0.2) is 46.1 Å². The van der Waals surface area contributed by atoms with E-state index >= 15 is 0 Å². The third kappa shape index (κ3) is 5.52. The number of carbonyl (C=O) groups excluding carboxylic acids is 1. The van der Waals surface area contributed by atoms with E-state index in [2.05, 4.69) is 23.2 Å². The summed E-state index contributed by atoms with van der Waals surface area (Å²) in [7, 11) is 0. The van der Waals surface area contributed by atoms with E-state index in [1.165, 1.54) is 0 Å². The van der Waals surface area contributed by atoms with Crippen molar-refractivity contribution in [2.75, 3.05) is 13.1 Å². The van der Waals surface area contributed by atoms with Crippen molar-refractivity contribution in [3.8, 4) is 5.75 Å². The molecule has 2 unspecified atom stereocenters. The van der Waals surface area contributed by atoms with Gasteiger partial charge < -0.3 is 14.6 Å². The second-order valence-corrected chi connectivity index (χ2v) is 11.3. The predicted octanol–water partition coefficient (Wildman–Crippen LogP) is 6.65. The lowest BCUT2D eigenvalue weighted by Crippen LogP contribution is -2.51. The fourth-order valence-corrected chi connectivity index (χ4v) is 6.51. The molecule has 1 N–H and O–H groups in total. The molecular weight excluding hydrogens is 533 g/mol. The maximum atomic E-state index is 13.6. The highest BCUT2D eigenvalue weighted by molar-refractivity contribution is 6.34. The molecular formula is C31H31Cl2N3O3. The number of piperidine rings is 1. The largest absolute Gasteiger partial charge is 0.488 e. The van der Waals surface area contributed by atoms with Crippen LogP contribution in [0.15, 0.2) is 72.9 Å². The van der Waals surface area contributed by atoms with Gasteiger partial charge in [0.1, 0.15) is 12.4 Å². The zero-order chi connectivity index (χ0) is 26.9. The van der Waals surface area contributed by atoms with Crippen LogP contribution in [0.25, 0.3) is 10.9 Å². The van der Waals surface area contributed by atoms with Gasteiger partial charge in [-0.05, 0) is 66.8 Å². The molecule has 3 atom stereocenters. The van der Waals surface area contributed by atoms with Crippen LogP contribution in [0.2, 0.25) is 10.0 Å². The number of hydrogen-bond acceptors (Lipinski definition) is 4. The average molecular weight is 565 g/mol. The summed E-state index contributed by atoms with van der Waals surface area (Å²) in [5, 5.41) is 4.22. The Balaban J connectivity index is 1.12. The number of aromatic nitrogens is 1. The molecule has 1 aromatic heterocycles. The molecule has 2 aliphatic rings. The first kappa shape index (κ1) is 26.2. The number of hydrogen-bond donors (Lipinski definition) is 1. The molecule has 0 spiro atoms. The Hall–Kier alpha value is -3.03. The van der Waals surface area contributed by atoms with E-state index in [-0.39, 0.29) is 24.0 Å². The van der Waals surface area contributed by atoms with E-state index in [4.69, 9.17) is 32.8 Å². The van der Waals surface area contributed by atoms with Crippen LogP contribution in [0.1, 0.15) is 30.0 Å². The van der Waals surface area contributed by atoms with Gasteiger partial charge in [-0.1, -0.05) is 59.6 Å². The first-order valence-electron chi connectivity index (χ1n) is 13.4. The fourth-order valence-electron chi connectivity index (χ4n) is 5.93. The number of H-pyrrole nitrogens is 1. The van der Waals surface area contributed by atoms with Gasteiger partial charge in [0.2, 0.25) is 5.91 Å². The van der Waals surface area contributed by atoms with Crippen molar-refractivity contribution in [3.05, 3.63) is 99.7 Å². The molecule has 1 amide bonds. The highest BCUT2D eigenvalue weighted by atomic mass is 35.5. The van der Waals surface area contributed by atoms with Gasteiger partial charge in [0.05, 0.1) is 18.1 Å². The van der Waals surface area contributed by atoms with Gasteiger partial charge in [-0.2, -0.15) is 5.06 Å². The monoisotopic (exact) mass is 563 g/mol. The zero-order valence-corrected chi connectivity index (χ0v) is 23.3. The Bertz CT molecular complexity index is 1450. The summed E-state index contributed by atoms with van der Waals surface area (Å²) in [5.41, 5.74) is 4.29. The van der Waals surface area contributed by atoms with Crippen LogP contribution in [0.3, 0.4) is 0 Å². The van der Waals surface area contributed by atoms with Crippen LogP contribution in [0.5, 0.6) is 5.75 Å². The summed E-state index contributed by atoms with van der Waals surface area (Å²) in [6.45, 7) is 4.38. The van der Waals surface area contributed by atoms with Gasteiger partial charge in [-0.15, -0.1) is 0 Å². The molecule has 3 aromatic carbocycles. The maximum Gasteiger partial charge on any atom is 0.230 e. The molecule has 2 saturated heterocycles. The molecule has 0 bridgehead atoms. The Morgan fingerprint density at radius 2 is 1.82 bits per heavy atom. The first-order valence-corrected chi connectivity index (χ1v) is 14.1. The molecule has 39 heavy (non-hydrogen) atoms. The van der Waals surface area contributed by atoms with Gasteiger partial charge in [0.15, 0.2) is 0 Å². The smallest absolute Gasteiger partial charge is 0.230 e. The number of halogens is 2. The minimum absolute atomic E-state index is 0.0348. The quantitative estimate of drug-likeness (QED) is 0.261. The van der Waals surface area contributed by atoms with Crippen molar-refractivity contribution < 1.29 is 14.4 Å². The Labute approximate surface area is 238 Å². The standard InChI is InChI=1S/C31H31Cl2N3O3/c1-20-29-27(36(39-20)18-22-14-24(32)16-25(33)15-22)11-13-35(31(29)37)12-10-23-17-34-26-8-5-9-28(30(23)26)38-19-21-6-3-2-4-7-21/h2-9,14-17,20,27,29,34H,10-13,18-19H2,1H3/t20?,27-,29?/m0/s1. The number of likely N-dealkylation sites (tertiary alicyclic amines) is 1. The Morgan fingerprint density at radius 3 is 2.62 bits per heavy atom. The Morgan fingerprint density at radius 1 is 1.03 bits per heavy atom. The summed E-state index contributed by atoms with van der Waals surface area (Å²) in [6, 6.07) is 21.8. The molecule has 3 heterocycles. The number of amides is 1. The zero-order valence-electron chi connectivity index (χ0n) is 21.8. The van der Waals surface area contributed by atoms with Gasteiger partial charge in [-0.3, -0.25) is 9.63 Å². The van der Waals surface area contributed by atoms with E-state index < -0.39 is 0 Å². The highest BCUT2D eigenvalue weighted by Gasteiger charge is 2.49. The van der Waals surface area contributed by atoms with Crippen LogP contribution in [0, 0.1) is 5.92 Å². The molecule has 0 aliphatic carbocycles. The van der Waals surface area contributed by atoms with E-state index in [0.29, 0.717) is 36.3 Å². The minimum Gasteiger partial charge on any atom is -0.488 e. The third-order valence-electron chi connectivity index (χ3n) is 7.78. The molecule has 6 rings (SSSR count). The SMILES string of the molecule is CC1ON(Cc2cc(Cl)cc(Cl)c2)[C@H]2CCN(CCc3c[nH]c4cccc(OCc5ccccc5)c34)C(=O)C12. The average Bonchev–Trinajstić information content (AvgIpc) is 3.48. The number of aromatic amines is 1. The summed E-state index contributed by atoms with van der Waals surface area (Å²) in [5.74, 6) is 0.819. The maximum absolute atomic E-state index is 13.6. The lowest BCUT2D eigenvalue weighted by atomic mass is 9.88. The number of carbonyl (C=O) groups is 1. The van der Waals surface area contributed by atoms with Crippen molar-refractivity contribution in [1.29, 1.82) is 0 Å². The molecule has 2 fully saturated rings. The number of rotatable bonds is 8. The van der Waals surface area contributed by atoms with Crippen molar-refractivity contribution in [1.82, 2.24) is 14.9 Å². The van der Waals surface area contributed by atoms with E-state index in [0.717, 1.165) is 46.2 Å². The van der Waals surface area contributed by atoms with E-state index in [1.54, 1.807) is 6.07 Å².